The van der Waals surface area contributed by atoms with Crippen molar-refractivity contribution in [2.45, 2.75) is 26.2 Å². The molecule has 0 saturated heterocycles. The van der Waals surface area contributed by atoms with Gasteiger partial charge in [0.25, 0.3) is 0 Å². The first-order chi connectivity index (χ1) is 9.09. The number of amides is 2. The van der Waals surface area contributed by atoms with Gasteiger partial charge in [0.2, 0.25) is 0 Å². The van der Waals surface area contributed by atoms with E-state index >= 15 is 0 Å². The Balaban J connectivity index is 2.00. The third kappa shape index (κ3) is 6.44. The standard InChI is InChI=1S/C12H20N4O3/c1-9(11(17)18)4-6-16-12(19)15-5-2-3-10-13-7-8-14-10/h7-9H,2-6H2,1H3,(H,13,14)(H,17,18)(H2,15,16,19). The Hall–Kier alpha value is -2.05. The molecule has 2 amide bonds. The molecule has 0 aromatic carbocycles. The van der Waals surface area contributed by atoms with Crippen molar-refractivity contribution in [2.75, 3.05) is 13.1 Å². The number of H-pyrrole nitrogens is 1. The molecule has 0 bridgehead atoms. The maximum atomic E-state index is 11.4. The topological polar surface area (TPSA) is 107 Å². The minimum atomic E-state index is -0.847. The summed E-state index contributed by atoms with van der Waals surface area (Å²) in [4.78, 5) is 29.0. The molecular formula is C12H20N4O3. The van der Waals surface area contributed by atoms with Crippen molar-refractivity contribution in [2.24, 2.45) is 5.92 Å². The fourth-order valence-electron chi connectivity index (χ4n) is 1.48. The van der Waals surface area contributed by atoms with E-state index in [1.165, 1.54) is 0 Å². The van der Waals surface area contributed by atoms with Gasteiger partial charge in [-0.15, -0.1) is 0 Å². The predicted molar refractivity (Wildman–Crippen MR) is 69.7 cm³/mol. The van der Waals surface area contributed by atoms with Gasteiger partial charge >= 0.3 is 12.0 Å². The van der Waals surface area contributed by atoms with Gasteiger partial charge in [-0.2, -0.15) is 0 Å². The molecule has 0 fully saturated rings. The van der Waals surface area contributed by atoms with Crippen LogP contribution in [0.2, 0.25) is 0 Å². The molecule has 0 aliphatic heterocycles. The number of urea groups is 1. The second-order valence-corrected chi connectivity index (χ2v) is 4.35. The molecule has 0 aliphatic carbocycles. The number of hydrogen-bond acceptors (Lipinski definition) is 3. The van der Waals surface area contributed by atoms with Crippen LogP contribution >= 0.6 is 0 Å². The molecule has 7 heteroatoms. The van der Waals surface area contributed by atoms with Crippen molar-refractivity contribution in [3.05, 3.63) is 18.2 Å². The summed E-state index contributed by atoms with van der Waals surface area (Å²) in [6, 6.07) is -0.267. The lowest BCUT2D eigenvalue weighted by Crippen LogP contribution is -2.37. The first kappa shape index (κ1) is 15.0. The van der Waals surface area contributed by atoms with Gasteiger partial charge in [0, 0.05) is 31.9 Å². The molecule has 0 radical (unpaired) electrons. The van der Waals surface area contributed by atoms with E-state index in [0.29, 0.717) is 19.5 Å². The fourth-order valence-corrected chi connectivity index (χ4v) is 1.48. The summed E-state index contributed by atoms with van der Waals surface area (Å²) in [7, 11) is 0. The van der Waals surface area contributed by atoms with Crippen molar-refractivity contribution in [3.63, 3.8) is 0 Å². The molecule has 1 atom stereocenters. The number of aryl methyl sites for hydroxylation is 1. The number of carbonyl (C=O) groups excluding carboxylic acids is 1. The van der Waals surface area contributed by atoms with Gasteiger partial charge in [-0.25, -0.2) is 9.78 Å². The molecule has 1 heterocycles. The van der Waals surface area contributed by atoms with E-state index in [2.05, 4.69) is 20.6 Å². The molecule has 7 nitrogen and oxygen atoms in total. The van der Waals surface area contributed by atoms with E-state index in [1.807, 2.05) is 0 Å². The molecular weight excluding hydrogens is 248 g/mol. The fraction of sp³-hybridized carbons (Fsp3) is 0.583. The largest absolute Gasteiger partial charge is 0.481 e. The van der Waals surface area contributed by atoms with Gasteiger partial charge in [-0.1, -0.05) is 6.92 Å². The Morgan fingerprint density at radius 3 is 2.79 bits per heavy atom. The summed E-state index contributed by atoms with van der Waals surface area (Å²) in [6.07, 6.45) is 5.46. The number of rotatable bonds is 8. The molecule has 19 heavy (non-hydrogen) atoms. The highest BCUT2D eigenvalue weighted by Crippen LogP contribution is 1.99. The average Bonchev–Trinajstić information content (AvgIpc) is 2.87. The van der Waals surface area contributed by atoms with Crippen LogP contribution in [0.4, 0.5) is 4.79 Å². The van der Waals surface area contributed by atoms with E-state index in [1.54, 1.807) is 19.3 Å². The van der Waals surface area contributed by atoms with Crippen LogP contribution in [0.1, 0.15) is 25.6 Å². The predicted octanol–water partition coefficient (Wildman–Crippen LogP) is 0.752. The van der Waals surface area contributed by atoms with Crippen molar-refractivity contribution in [3.8, 4) is 0 Å². The summed E-state index contributed by atoms with van der Waals surface area (Å²) in [5, 5.41) is 14.0. The Labute approximate surface area is 111 Å². The zero-order chi connectivity index (χ0) is 14.1. The van der Waals surface area contributed by atoms with Gasteiger partial charge in [0.05, 0.1) is 5.92 Å². The molecule has 1 rings (SSSR count). The highest BCUT2D eigenvalue weighted by molar-refractivity contribution is 5.74. The van der Waals surface area contributed by atoms with Crippen molar-refractivity contribution in [1.82, 2.24) is 20.6 Å². The second-order valence-electron chi connectivity index (χ2n) is 4.35. The lowest BCUT2D eigenvalue weighted by atomic mass is 10.1. The van der Waals surface area contributed by atoms with Crippen LogP contribution in [0, 0.1) is 5.92 Å². The summed E-state index contributed by atoms with van der Waals surface area (Å²) in [5.41, 5.74) is 0. The minimum absolute atomic E-state index is 0.267. The van der Waals surface area contributed by atoms with Crippen LogP contribution in [-0.4, -0.2) is 40.2 Å². The smallest absolute Gasteiger partial charge is 0.314 e. The maximum absolute atomic E-state index is 11.4. The Morgan fingerprint density at radius 1 is 1.42 bits per heavy atom. The minimum Gasteiger partial charge on any atom is -0.481 e. The molecule has 106 valence electrons. The SMILES string of the molecule is CC(CCNC(=O)NCCCc1ncc[nH]1)C(=O)O. The Kier molecular flexibility index (Phi) is 6.42. The molecule has 1 unspecified atom stereocenters. The lowest BCUT2D eigenvalue weighted by Gasteiger charge is -2.09. The van der Waals surface area contributed by atoms with E-state index in [-0.39, 0.29) is 6.03 Å². The van der Waals surface area contributed by atoms with Gasteiger partial charge in [-0.05, 0) is 12.8 Å². The number of aliphatic carboxylic acids is 1. The van der Waals surface area contributed by atoms with E-state index in [4.69, 9.17) is 5.11 Å². The van der Waals surface area contributed by atoms with Crippen molar-refractivity contribution >= 4 is 12.0 Å². The number of hydrogen-bond donors (Lipinski definition) is 4. The third-order valence-electron chi connectivity index (χ3n) is 2.72. The number of imidazole rings is 1. The highest BCUT2D eigenvalue weighted by atomic mass is 16.4. The first-order valence-electron chi connectivity index (χ1n) is 6.32. The van der Waals surface area contributed by atoms with Crippen LogP contribution in [0.5, 0.6) is 0 Å². The number of carboxylic acid groups (broad SMARTS) is 1. The number of carboxylic acids is 1. The van der Waals surface area contributed by atoms with Gasteiger partial charge < -0.3 is 20.7 Å². The summed E-state index contributed by atoms with van der Waals surface area (Å²) >= 11 is 0. The van der Waals surface area contributed by atoms with Crippen molar-refractivity contribution in [1.29, 1.82) is 0 Å². The molecule has 0 spiro atoms. The number of aromatic nitrogens is 2. The summed E-state index contributed by atoms with van der Waals surface area (Å²) in [6.45, 7) is 2.53. The quantitative estimate of drug-likeness (QED) is 0.522. The Morgan fingerprint density at radius 2 is 2.16 bits per heavy atom. The number of carbonyl (C=O) groups is 2. The lowest BCUT2D eigenvalue weighted by molar-refractivity contribution is -0.141. The molecule has 0 aliphatic rings. The molecule has 0 saturated carbocycles. The van der Waals surface area contributed by atoms with Crippen LogP contribution in [-0.2, 0) is 11.2 Å². The summed E-state index contributed by atoms with van der Waals surface area (Å²) in [5.74, 6) is -0.391. The van der Waals surface area contributed by atoms with E-state index in [0.717, 1.165) is 18.7 Å². The molecule has 1 aromatic rings. The highest BCUT2D eigenvalue weighted by Gasteiger charge is 2.10. The van der Waals surface area contributed by atoms with Crippen LogP contribution < -0.4 is 10.6 Å². The van der Waals surface area contributed by atoms with Gasteiger partial charge in [0.1, 0.15) is 5.82 Å². The molecule has 1 aromatic heterocycles. The van der Waals surface area contributed by atoms with E-state index in [9.17, 15) is 9.59 Å². The second kappa shape index (κ2) is 8.12. The van der Waals surface area contributed by atoms with Crippen LogP contribution in [0.25, 0.3) is 0 Å². The third-order valence-corrected chi connectivity index (χ3v) is 2.72. The van der Waals surface area contributed by atoms with Gasteiger partial charge in [-0.3, -0.25) is 4.79 Å². The zero-order valence-corrected chi connectivity index (χ0v) is 11.0. The monoisotopic (exact) mass is 268 g/mol. The zero-order valence-electron chi connectivity index (χ0n) is 11.0. The van der Waals surface area contributed by atoms with Crippen molar-refractivity contribution < 1.29 is 14.7 Å². The number of nitrogens with one attached hydrogen (secondary N) is 3. The number of aromatic amines is 1. The first-order valence-corrected chi connectivity index (χ1v) is 6.32. The molecule has 4 N–H and O–H groups in total. The van der Waals surface area contributed by atoms with E-state index < -0.39 is 11.9 Å². The Bertz CT molecular complexity index is 392. The average molecular weight is 268 g/mol. The van der Waals surface area contributed by atoms with Gasteiger partial charge in [0.15, 0.2) is 0 Å². The summed E-state index contributed by atoms with van der Waals surface area (Å²) < 4.78 is 0. The van der Waals surface area contributed by atoms with Crippen LogP contribution in [0.15, 0.2) is 12.4 Å². The van der Waals surface area contributed by atoms with Crippen LogP contribution in [0.3, 0.4) is 0 Å². The normalized spacial score (nSPS) is 11.8. The number of nitrogens with zero attached hydrogens (tertiary/aromatic N) is 1. The maximum Gasteiger partial charge on any atom is 0.314 e.